The molecule has 2 aromatic carbocycles. The van der Waals surface area contributed by atoms with Crippen molar-refractivity contribution in [2.45, 2.75) is 32.9 Å². The van der Waals surface area contributed by atoms with Crippen molar-refractivity contribution in [3.63, 3.8) is 0 Å². The van der Waals surface area contributed by atoms with E-state index in [0.717, 1.165) is 62.2 Å². The van der Waals surface area contributed by atoms with Gasteiger partial charge in [-0.1, -0.05) is 42.8 Å². The molecule has 0 atom stereocenters. The molecule has 0 saturated carbocycles. The summed E-state index contributed by atoms with van der Waals surface area (Å²) in [6, 6.07) is 17.7. The Morgan fingerprint density at radius 3 is 2.44 bits per heavy atom. The summed E-state index contributed by atoms with van der Waals surface area (Å²) >= 11 is 6.14. The summed E-state index contributed by atoms with van der Waals surface area (Å²) < 4.78 is 9.09. The van der Waals surface area contributed by atoms with Gasteiger partial charge in [-0.25, -0.2) is 9.48 Å². The number of anilines is 1. The topological polar surface area (TPSA) is 55.5 Å². The largest absolute Gasteiger partial charge is 0.492 e. The van der Waals surface area contributed by atoms with Gasteiger partial charge in [0.25, 0.3) is 0 Å². The zero-order valence-corrected chi connectivity index (χ0v) is 21.2. The lowest BCUT2D eigenvalue weighted by atomic mass is 10.2. The van der Waals surface area contributed by atoms with Crippen LogP contribution in [0.15, 0.2) is 59.4 Å². The minimum atomic E-state index is -0.0470. The molecule has 9 heteroatoms. The molecule has 3 aromatic rings. The predicted molar refractivity (Wildman–Crippen MR) is 140 cm³/mol. The highest BCUT2D eigenvalue weighted by atomic mass is 35.5. The van der Waals surface area contributed by atoms with E-state index in [-0.39, 0.29) is 18.1 Å². The van der Waals surface area contributed by atoms with Crippen LogP contribution in [0.5, 0.6) is 5.75 Å². The fraction of sp³-hybridized carbons (Fsp3) is 0.440. The molecule has 4 rings (SSSR count). The van der Waals surface area contributed by atoms with Crippen LogP contribution < -0.4 is 15.3 Å². The molecule has 0 N–H and O–H groups in total. The normalized spacial score (nSPS) is 14.1. The van der Waals surface area contributed by atoms with E-state index in [4.69, 9.17) is 16.3 Å². The molecular weight excluding hydrogens is 473 g/mol. The van der Waals surface area contributed by atoms with Crippen molar-refractivity contribution in [3.05, 3.63) is 75.9 Å². The number of aromatic nitrogens is 3. The Bertz CT molecular complexity index is 1080. The van der Waals surface area contributed by atoms with Gasteiger partial charge in [0, 0.05) is 49.9 Å². The Labute approximate surface area is 212 Å². The van der Waals surface area contributed by atoms with Crippen molar-refractivity contribution in [2.75, 3.05) is 44.2 Å². The van der Waals surface area contributed by atoms with Gasteiger partial charge in [-0.15, -0.1) is 12.4 Å². The molecule has 1 saturated heterocycles. The third kappa shape index (κ3) is 6.78. The molecule has 1 aliphatic heterocycles. The number of piperazine rings is 1. The van der Waals surface area contributed by atoms with Gasteiger partial charge >= 0.3 is 5.69 Å². The minimum absolute atomic E-state index is 0. The predicted octanol–water partition coefficient (Wildman–Crippen LogP) is 3.97. The summed E-state index contributed by atoms with van der Waals surface area (Å²) in [4.78, 5) is 17.7. The summed E-state index contributed by atoms with van der Waals surface area (Å²) in [6.07, 6.45) is 1.66. The fourth-order valence-electron chi connectivity index (χ4n) is 4.24. The smallest absolute Gasteiger partial charge is 0.346 e. The molecule has 1 aliphatic rings. The molecule has 1 fully saturated rings. The number of rotatable bonds is 10. The second-order valence-corrected chi connectivity index (χ2v) is 8.69. The van der Waals surface area contributed by atoms with Crippen LogP contribution in [0.4, 0.5) is 5.69 Å². The lowest BCUT2D eigenvalue weighted by Gasteiger charge is -2.36. The first kappa shape index (κ1) is 26.1. The number of hydrogen-bond acceptors (Lipinski definition) is 5. The Morgan fingerprint density at radius 2 is 1.74 bits per heavy atom. The molecule has 0 bridgehead atoms. The highest BCUT2D eigenvalue weighted by Gasteiger charge is 2.18. The zero-order chi connectivity index (χ0) is 23.0. The molecule has 0 radical (unpaired) electrons. The maximum absolute atomic E-state index is 12.9. The van der Waals surface area contributed by atoms with E-state index in [1.54, 1.807) is 0 Å². The summed E-state index contributed by atoms with van der Waals surface area (Å²) in [6.45, 7) is 8.56. The second kappa shape index (κ2) is 12.8. The SMILES string of the molecule is CCc1nn(CCOc2ccccc2)c(=O)n1CCCN1CCN(c2cccc(Cl)c2)CC1.Cl. The minimum Gasteiger partial charge on any atom is -0.492 e. The van der Waals surface area contributed by atoms with Crippen molar-refractivity contribution in [3.8, 4) is 5.75 Å². The maximum Gasteiger partial charge on any atom is 0.346 e. The van der Waals surface area contributed by atoms with Crippen molar-refractivity contribution in [2.24, 2.45) is 0 Å². The standard InChI is InChI=1S/C25H32ClN5O2.ClH/c1-2-24-27-31(18-19-33-23-10-4-3-5-11-23)25(32)30(24)13-7-12-28-14-16-29(17-15-28)22-9-6-8-21(26)20-22;/h3-6,8-11,20H,2,7,12-19H2,1H3;1H. The highest BCUT2D eigenvalue weighted by molar-refractivity contribution is 6.30. The molecular formula is C25H33Cl2N5O2. The maximum atomic E-state index is 12.9. The number of hydrogen-bond donors (Lipinski definition) is 0. The second-order valence-electron chi connectivity index (χ2n) is 8.25. The summed E-state index contributed by atoms with van der Waals surface area (Å²) in [5, 5.41) is 5.31. The van der Waals surface area contributed by atoms with Gasteiger partial charge in [0.2, 0.25) is 0 Å². The molecule has 0 aliphatic carbocycles. The van der Waals surface area contributed by atoms with Gasteiger partial charge < -0.3 is 9.64 Å². The zero-order valence-electron chi connectivity index (χ0n) is 19.6. The molecule has 184 valence electrons. The van der Waals surface area contributed by atoms with E-state index in [9.17, 15) is 4.79 Å². The van der Waals surface area contributed by atoms with Gasteiger partial charge in [-0.05, 0) is 43.3 Å². The van der Waals surface area contributed by atoms with Gasteiger partial charge in [0.1, 0.15) is 18.2 Å². The molecule has 1 aromatic heterocycles. The van der Waals surface area contributed by atoms with E-state index in [2.05, 4.69) is 21.0 Å². The van der Waals surface area contributed by atoms with E-state index >= 15 is 0 Å². The van der Waals surface area contributed by atoms with Crippen LogP contribution in [0.25, 0.3) is 0 Å². The van der Waals surface area contributed by atoms with E-state index in [1.807, 2.05) is 60.0 Å². The van der Waals surface area contributed by atoms with Gasteiger partial charge in [-0.2, -0.15) is 5.10 Å². The summed E-state index contributed by atoms with van der Waals surface area (Å²) in [7, 11) is 0. The number of halogens is 2. The molecule has 0 amide bonds. The average Bonchev–Trinajstić information content (AvgIpc) is 3.15. The lowest BCUT2D eigenvalue weighted by molar-refractivity contribution is 0.249. The van der Waals surface area contributed by atoms with E-state index in [1.165, 1.54) is 10.4 Å². The molecule has 7 nitrogen and oxygen atoms in total. The number of benzene rings is 2. The third-order valence-electron chi connectivity index (χ3n) is 6.03. The molecule has 2 heterocycles. The number of nitrogens with zero attached hydrogens (tertiary/aromatic N) is 5. The van der Waals surface area contributed by atoms with Gasteiger partial charge in [0.15, 0.2) is 0 Å². The Morgan fingerprint density at radius 1 is 0.971 bits per heavy atom. The van der Waals surface area contributed by atoms with Crippen molar-refractivity contribution in [1.29, 1.82) is 0 Å². The van der Waals surface area contributed by atoms with Crippen LogP contribution in [0.3, 0.4) is 0 Å². The molecule has 0 unspecified atom stereocenters. The number of aryl methyl sites for hydroxylation is 1. The first-order valence-electron chi connectivity index (χ1n) is 11.7. The van der Waals surface area contributed by atoms with Crippen LogP contribution >= 0.6 is 24.0 Å². The summed E-state index contributed by atoms with van der Waals surface area (Å²) in [5.74, 6) is 1.64. The molecule has 34 heavy (non-hydrogen) atoms. The first-order valence-corrected chi connectivity index (χ1v) is 12.1. The van der Waals surface area contributed by atoms with Crippen LogP contribution in [-0.4, -0.2) is 58.6 Å². The first-order chi connectivity index (χ1) is 16.1. The Balaban J connectivity index is 0.00000324. The summed E-state index contributed by atoms with van der Waals surface area (Å²) in [5.41, 5.74) is 1.14. The van der Waals surface area contributed by atoms with Gasteiger partial charge in [0.05, 0.1) is 6.54 Å². The van der Waals surface area contributed by atoms with Crippen LogP contribution in [0.2, 0.25) is 5.02 Å². The third-order valence-corrected chi connectivity index (χ3v) is 6.27. The quantitative estimate of drug-likeness (QED) is 0.417. The number of para-hydroxylation sites is 1. The fourth-order valence-corrected chi connectivity index (χ4v) is 4.42. The van der Waals surface area contributed by atoms with Crippen LogP contribution in [0.1, 0.15) is 19.2 Å². The average molecular weight is 506 g/mol. The van der Waals surface area contributed by atoms with Crippen molar-refractivity contribution >= 4 is 29.7 Å². The monoisotopic (exact) mass is 505 g/mol. The Hall–Kier alpha value is -2.48. The lowest BCUT2D eigenvalue weighted by Crippen LogP contribution is -2.46. The highest BCUT2D eigenvalue weighted by Crippen LogP contribution is 2.20. The van der Waals surface area contributed by atoms with Crippen LogP contribution in [0, 0.1) is 0 Å². The number of ether oxygens (including phenoxy) is 1. The van der Waals surface area contributed by atoms with Gasteiger partial charge in [-0.3, -0.25) is 9.47 Å². The Kier molecular flexibility index (Phi) is 9.86. The van der Waals surface area contributed by atoms with Crippen molar-refractivity contribution < 1.29 is 4.74 Å². The van der Waals surface area contributed by atoms with E-state index in [0.29, 0.717) is 19.7 Å². The van der Waals surface area contributed by atoms with Crippen molar-refractivity contribution in [1.82, 2.24) is 19.2 Å². The van der Waals surface area contributed by atoms with Crippen LogP contribution in [-0.2, 0) is 19.5 Å². The van der Waals surface area contributed by atoms with E-state index < -0.39 is 0 Å². The molecule has 0 spiro atoms.